The predicted molar refractivity (Wildman–Crippen MR) is 88.7 cm³/mol. The number of benzene rings is 1. The van der Waals surface area contributed by atoms with Gasteiger partial charge in [0.2, 0.25) is 0 Å². The standard InChI is InChI=1S/C18H22N2O2/c1-2-3-11-22-18(21)20-10-6-7-14(13-20)16-12-19-17-9-5-4-8-15(16)17/h4-5,7-9,12,19H,2-3,6,10-11,13H2,1H3. The monoisotopic (exact) mass is 298 g/mol. The van der Waals surface area contributed by atoms with Crippen LogP contribution in [0.2, 0.25) is 0 Å². The summed E-state index contributed by atoms with van der Waals surface area (Å²) in [5, 5.41) is 1.20. The second-order valence-electron chi connectivity index (χ2n) is 5.66. The molecule has 3 rings (SSSR count). The normalized spacial score (nSPS) is 15.0. The van der Waals surface area contributed by atoms with E-state index in [9.17, 15) is 4.79 Å². The van der Waals surface area contributed by atoms with Gasteiger partial charge in [-0.1, -0.05) is 37.6 Å². The zero-order valence-electron chi connectivity index (χ0n) is 13.0. The molecule has 1 N–H and O–H groups in total. The molecule has 4 nitrogen and oxygen atoms in total. The van der Waals surface area contributed by atoms with E-state index < -0.39 is 0 Å². The average molecular weight is 298 g/mol. The zero-order valence-corrected chi connectivity index (χ0v) is 13.0. The quantitative estimate of drug-likeness (QED) is 0.860. The number of para-hydroxylation sites is 1. The van der Waals surface area contributed by atoms with Crippen molar-refractivity contribution < 1.29 is 9.53 Å². The van der Waals surface area contributed by atoms with Crippen LogP contribution in [0.1, 0.15) is 31.7 Å². The highest BCUT2D eigenvalue weighted by molar-refractivity contribution is 5.93. The van der Waals surface area contributed by atoms with Gasteiger partial charge in [0.1, 0.15) is 0 Å². The number of carbonyl (C=O) groups excluding carboxylic acids is 1. The number of ether oxygens (including phenoxy) is 1. The van der Waals surface area contributed by atoms with Crippen molar-refractivity contribution >= 4 is 22.6 Å². The summed E-state index contributed by atoms with van der Waals surface area (Å²) in [6.45, 7) is 3.95. The average Bonchev–Trinajstić information content (AvgIpc) is 2.99. The van der Waals surface area contributed by atoms with Crippen LogP contribution in [0.25, 0.3) is 16.5 Å². The van der Waals surface area contributed by atoms with Gasteiger partial charge in [-0.3, -0.25) is 0 Å². The summed E-state index contributed by atoms with van der Waals surface area (Å²) in [6, 6.07) is 8.24. The van der Waals surface area contributed by atoms with Gasteiger partial charge in [-0.05, 0) is 24.5 Å². The Bertz CT molecular complexity index is 687. The summed E-state index contributed by atoms with van der Waals surface area (Å²) >= 11 is 0. The van der Waals surface area contributed by atoms with Crippen molar-refractivity contribution in [2.24, 2.45) is 0 Å². The molecule has 4 heteroatoms. The van der Waals surface area contributed by atoms with Crippen LogP contribution in [0.5, 0.6) is 0 Å². The second-order valence-corrected chi connectivity index (χ2v) is 5.66. The van der Waals surface area contributed by atoms with Gasteiger partial charge in [0, 0.05) is 35.8 Å². The Hall–Kier alpha value is -2.23. The van der Waals surface area contributed by atoms with E-state index in [0.717, 1.165) is 31.3 Å². The highest BCUT2D eigenvalue weighted by Crippen LogP contribution is 2.28. The Morgan fingerprint density at radius 3 is 3.09 bits per heavy atom. The molecular weight excluding hydrogens is 276 g/mol. The molecular formula is C18H22N2O2. The molecule has 116 valence electrons. The highest BCUT2D eigenvalue weighted by Gasteiger charge is 2.21. The van der Waals surface area contributed by atoms with Crippen LogP contribution in [0.4, 0.5) is 4.79 Å². The topological polar surface area (TPSA) is 45.3 Å². The number of aromatic amines is 1. The molecule has 0 atom stereocenters. The maximum Gasteiger partial charge on any atom is 0.410 e. The summed E-state index contributed by atoms with van der Waals surface area (Å²) in [5.41, 5.74) is 3.50. The fourth-order valence-corrected chi connectivity index (χ4v) is 2.83. The summed E-state index contributed by atoms with van der Waals surface area (Å²) in [4.78, 5) is 17.2. The molecule has 0 unspecified atom stereocenters. The summed E-state index contributed by atoms with van der Waals surface area (Å²) in [6.07, 6.45) is 6.89. The van der Waals surface area contributed by atoms with Gasteiger partial charge in [-0.15, -0.1) is 0 Å². The van der Waals surface area contributed by atoms with E-state index >= 15 is 0 Å². The Balaban J connectivity index is 1.73. The Morgan fingerprint density at radius 2 is 2.23 bits per heavy atom. The van der Waals surface area contributed by atoms with E-state index in [1.54, 1.807) is 4.90 Å². The van der Waals surface area contributed by atoms with Crippen LogP contribution in [-0.4, -0.2) is 35.7 Å². The summed E-state index contributed by atoms with van der Waals surface area (Å²) < 4.78 is 5.33. The lowest BCUT2D eigenvalue weighted by molar-refractivity contribution is 0.105. The van der Waals surface area contributed by atoms with Crippen molar-refractivity contribution in [2.75, 3.05) is 19.7 Å². The van der Waals surface area contributed by atoms with Crippen molar-refractivity contribution in [1.82, 2.24) is 9.88 Å². The summed E-state index contributed by atoms with van der Waals surface area (Å²) in [5.74, 6) is 0. The number of H-pyrrole nitrogens is 1. The van der Waals surface area contributed by atoms with Gasteiger partial charge in [0.05, 0.1) is 6.61 Å². The molecule has 1 amide bonds. The molecule has 0 fully saturated rings. The molecule has 1 aliphatic rings. The lowest BCUT2D eigenvalue weighted by atomic mass is 10.0. The lowest BCUT2D eigenvalue weighted by Gasteiger charge is -2.26. The fraction of sp³-hybridized carbons (Fsp3) is 0.389. The van der Waals surface area contributed by atoms with Gasteiger partial charge >= 0.3 is 6.09 Å². The third-order valence-electron chi connectivity index (χ3n) is 4.07. The maximum atomic E-state index is 12.1. The fourth-order valence-electron chi connectivity index (χ4n) is 2.83. The van der Waals surface area contributed by atoms with Crippen molar-refractivity contribution in [2.45, 2.75) is 26.2 Å². The smallest absolute Gasteiger partial charge is 0.410 e. The number of hydrogen-bond donors (Lipinski definition) is 1. The third-order valence-corrected chi connectivity index (χ3v) is 4.07. The molecule has 22 heavy (non-hydrogen) atoms. The van der Waals surface area contributed by atoms with Gasteiger partial charge in [0.25, 0.3) is 0 Å². The van der Waals surface area contributed by atoms with Crippen molar-refractivity contribution in [1.29, 1.82) is 0 Å². The van der Waals surface area contributed by atoms with E-state index in [1.165, 1.54) is 16.5 Å². The van der Waals surface area contributed by atoms with Gasteiger partial charge in [-0.2, -0.15) is 0 Å². The highest BCUT2D eigenvalue weighted by atomic mass is 16.6. The van der Waals surface area contributed by atoms with Gasteiger partial charge in [-0.25, -0.2) is 4.79 Å². The van der Waals surface area contributed by atoms with Gasteiger partial charge < -0.3 is 14.6 Å². The first kappa shape index (κ1) is 14.7. The minimum Gasteiger partial charge on any atom is -0.449 e. The van der Waals surface area contributed by atoms with Gasteiger partial charge in [0.15, 0.2) is 0 Å². The molecule has 0 spiro atoms. The third kappa shape index (κ3) is 3.01. The Kier molecular flexibility index (Phi) is 4.47. The molecule has 0 bridgehead atoms. The lowest BCUT2D eigenvalue weighted by Crippen LogP contribution is -2.36. The molecule has 1 aromatic heterocycles. The van der Waals surface area contributed by atoms with E-state index in [-0.39, 0.29) is 6.09 Å². The maximum absolute atomic E-state index is 12.1. The largest absolute Gasteiger partial charge is 0.449 e. The number of rotatable bonds is 4. The van der Waals surface area contributed by atoms with Crippen LogP contribution in [0.3, 0.4) is 0 Å². The van der Waals surface area contributed by atoms with Crippen LogP contribution in [0, 0.1) is 0 Å². The number of amides is 1. The number of unbranched alkanes of at least 4 members (excludes halogenated alkanes) is 1. The van der Waals surface area contributed by atoms with Crippen LogP contribution >= 0.6 is 0 Å². The molecule has 2 heterocycles. The number of hydrogen-bond acceptors (Lipinski definition) is 2. The molecule has 1 aromatic carbocycles. The summed E-state index contributed by atoms with van der Waals surface area (Å²) in [7, 11) is 0. The minimum atomic E-state index is -0.195. The second kappa shape index (κ2) is 6.69. The van der Waals surface area contributed by atoms with E-state index in [2.05, 4.69) is 30.1 Å². The number of aromatic nitrogens is 1. The molecule has 1 aliphatic heterocycles. The van der Waals surface area contributed by atoms with E-state index in [4.69, 9.17) is 4.74 Å². The zero-order chi connectivity index (χ0) is 15.4. The SMILES string of the molecule is CCCCOC(=O)N1CCC=C(c2c[nH]c3ccccc23)C1. The first-order valence-electron chi connectivity index (χ1n) is 7.97. The number of nitrogens with zero attached hydrogens (tertiary/aromatic N) is 1. The van der Waals surface area contributed by atoms with E-state index in [1.807, 2.05) is 18.3 Å². The minimum absolute atomic E-state index is 0.195. The molecule has 0 saturated carbocycles. The van der Waals surface area contributed by atoms with Crippen LogP contribution in [0.15, 0.2) is 36.5 Å². The molecule has 0 radical (unpaired) electrons. The van der Waals surface area contributed by atoms with E-state index in [0.29, 0.717) is 13.2 Å². The van der Waals surface area contributed by atoms with Crippen LogP contribution in [-0.2, 0) is 4.74 Å². The van der Waals surface area contributed by atoms with Crippen molar-refractivity contribution in [3.05, 3.63) is 42.1 Å². The number of fused-ring (bicyclic) bond motifs is 1. The van der Waals surface area contributed by atoms with Crippen molar-refractivity contribution in [3.63, 3.8) is 0 Å². The van der Waals surface area contributed by atoms with Crippen LogP contribution < -0.4 is 0 Å². The van der Waals surface area contributed by atoms with Crippen molar-refractivity contribution in [3.8, 4) is 0 Å². The number of nitrogens with one attached hydrogen (secondary N) is 1. The Labute approximate surface area is 130 Å². The molecule has 2 aromatic rings. The first-order valence-corrected chi connectivity index (χ1v) is 7.97. The molecule has 0 aliphatic carbocycles. The molecule has 0 saturated heterocycles. The first-order chi connectivity index (χ1) is 10.8. The predicted octanol–water partition coefficient (Wildman–Crippen LogP) is 4.19. The number of carbonyl (C=O) groups is 1. The Morgan fingerprint density at radius 1 is 1.36 bits per heavy atom.